The van der Waals surface area contributed by atoms with Gasteiger partial charge in [0.15, 0.2) is 6.04 Å². The molecular weight excluding hydrogens is 372 g/mol. The van der Waals surface area contributed by atoms with Crippen LogP contribution in [0, 0.1) is 6.92 Å². The predicted molar refractivity (Wildman–Crippen MR) is 115 cm³/mol. The molecule has 3 aromatic rings. The molecule has 6 nitrogen and oxygen atoms in total. The molecule has 2 saturated heterocycles. The summed E-state index contributed by atoms with van der Waals surface area (Å²) >= 11 is 0. The number of quaternary nitrogens is 2. The van der Waals surface area contributed by atoms with Gasteiger partial charge in [-0.2, -0.15) is 0 Å². The van der Waals surface area contributed by atoms with Crippen molar-refractivity contribution >= 4 is 0 Å². The Morgan fingerprint density at radius 1 is 1.03 bits per heavy atom. The molecule has 0 radical (unpaired) electrons. The SMILES string of the molecule is Cc1ccc([C@H](c2nnnn2CCc2ccccc2)[NH+]2CC[NH+]3CCC[C@@H]3C2)cc1. The van der Waals surface area contributed by atoms with Gasteiger partial charge >= 0.3 is 0 Å². The van der Waals surface area contributed by atoms with Crippen molar-refractivity contribution in [1.29, 1.82) is 0 Å². The molecule has 3 heterocycles. The van der Waals surface area contributed by atoms with Gasteiger partial charge in [-0.15, -0.1) is 5.10 Å². The van der Waals surface area contributed by atoms with E-state index >= 15 is 0 Å². The van der Waals surface area contributed by atoms with Gasteiger partial charge in [0, 0.05) is 24.9 Å². The summed E-state index contributed by atoms with van der Waals surface area (Å²) in [5.41, 5.74) is 3.94. The minimum Gasteiger partial charge on any atom is -0.323 e. The maximum atomic E-state index is 4.56. The molecule has 2 aliphatic heterocycles. The second-order valence-corrected chi connectivity index (χ2v) is 8.95. The first-order chi connectivity index (χ1) is 14.8. The quantitative estimate of drug-likeness (QED) is 0.620. The standard InChI is InChI=1S/C24H30N6/c1-19-9-11-21(12-10-19)23(29-17-16-28-14-5-8-22(28)18-29)24-25-26-27-30(24)15-13-20-6-3-2-4-7-20/h2-4,6-7,9-12,22-23H,5,8,13-18H2,1H3/p+2/t22-,23-/m1/s1. The molecule has 2 N–H and O–H groups in total. The molecule has 1 aromatic heterocycles. The van der Waals surface area contributed by atoms with Gasteiger partial charge in [-0.3, -0.25) is 0 Å². The Labute approximate surface area is 178 Å². The number of fused-ring (bicyclic) bond motifs is 1. The summed E-state index contributed by atoms with van der Waals surface area (Å²) in [5.74, 6) is 1.01. The third-order valence-electron chi connectivity index (χ3n) is 7.00. The summed E-state index contributed by atoms with van der Waals surface area (Å²) in [6.45, 7) is 7.95. The lowest BCUT2D eigenvalue weighted by Crippen LogP contribution is -3.29. The number of benzene rings is 2. The Balaban J connectivity index is 1.43. The molecule has 5 rings (SSSR count). The Hall–Kier alpha value is -2.57. The molecule has 4 atom stereocenters. The van der Waals surface area contributed by atoms with E-state index in [1.54, 1.807) is 4.90 Å². The maximum absolute atomic E-state index is 4.56. The van der Waals surface area contributed by atoms with E-state index in [2.05, 4.69) is 77.0 Å². The van der Waals surface area contributed by atoms with Crippen LogP contribution in [0.3, 0.4) is 0 Å². The number of nitrogens with one attached hydrogen (secondary N) is 2. The van der Waals surface area contributed by atoms with E-state index in [-0.39, 0.29) is 6.04 Å². The number of tetrazole rings is 1. The summed E-state index contributed by atoms with van der Waals surface area (Å²) in [7, 11) is 0. The highest BCUT2D eigenvalue weighted by atomic mass is 15.6. The number of rotatable bonds is 6. The molecule has 0 saturated carbocycles. The highest BCUT2D eigenvalue weighted by molar-refractivity contribution is 5.26. The van der Waals surface area contributed by atoms with Crippen LogP contribution in [0.15, 0.2) is 54.6 Å². The highest BCUT2D eigenvalue weighted by Crippen LogP contribution is 2.19. The van der Waals surface area contributed by atoms with Crippen LogP contribution in [0.2, 0.25) is 0 Å². The van der Waals surface area contributed by atoms with Gasteiger partial charge in [-0.25, -0.2) is 4.68 Å². The van der Waals surface area contributed by atoms with Crippen molar-refractivity contribution < 1.29 is 9.80 Å². The zero-order valence-corrected chi connectivity index (χ0v) is 17.8. The zero-order chi connectivity index (χ0) is 20.3. The van der Waals surface area contributed by atoms with Crippen LogP contribution in [0.1, 0.15) is 41.4 Å². The van der Waals surface area contributed by atoms with Crippen LogP contribution in [-0.2, 0) is 13.0 Å². The van der Waals surface area contributed by atoms with E-state index in [1.807, 2.05) is 9.58 Å². The maximum Gasteiger partial charge on any atom is 0.214 e. The Morgan fingerprint density at radius 2 is 1.87 bits per heavy atom. The van der Waals surface area contributed by atoms with Crippen molar-refractivity contribution in [2.24, 2.45) is 0 Å². The zero-order valence-electron chi connectivity index (χ0n) is 17.8. The molecule has 0 bridgehead atoms. The number of nitrogens with zero attached hydrogens (tertiary/aromatic N) is 4. The van der Waals surface area contributed by atoms with Crippen molar-refractivity contribution in [1.82, 2.24) is 20.2 Å². The first-order valence-corrected chi connectivity index (χ1v) is 11.3. The smallest absolute Gasteiger partial charge is 0.214 e. The van der Waals surface area contributed by atoms with Gasteiger partial charge in [0.25, 0.3) is 0 Å². The van der Waals surface area contributed by atoms with Gasteiger partial charge in [-0.05, 0) is 29.3 Å². The fourth-order valence-electron chi connectivity index (χ4n) is 5.34. The average Bonchev–Trinajstić information content (AvgIpc) is 3.44. The molecule has 2 aromatic carbocycles. The lowest BCUT2D eigenvalue weighted by molar-refractivity contribution is -1.03. The van der Waals surface area contributed by atoms with Gasteiger partial charge in [0.05, 0.1) is 6.54 Å². The number of piperazine rings is 1. The molecule has 6 heteroatoms. The first-order valence-electron chi connectivity index (χ1n) is 11.3. The number of aromatic nitrogens is 4. The molecular formula is C24H32N6+2. The molecule has 2 unspecified atom stereocenters. The molecule has 2 fully saturated rings. The van der Waals surface area contributed by atoms with Crippen molar-refractivity contribution in [3.05, 3.63) is 77.1 Å². The summed E-state index contributed by atoms with van der Waals surface area (Å²) in [4.78, 5) is 3.43. The van der Waals surface area contributed by atoms with Gasteiger partial charge in [0.2, 0.25) is 5.82 Å². The molecule has 2 aliphatic rings. The monoisotopic (exact) mass is 404 g/mol. The Kier molecular flexibility index (Phi) is 5.60. The van der Waals surface area contributed by atoms with Crippen LogP contribution in [0.4, 0.5) is 0 Å². The number of aryl methyl sites for hydroxylation is 3. The van der Waals surface area contributed by atoms with E-state index in [4.69, 9.17) is 0 Å². The minimum atomic E-state index is 0.193. The number of hydrogen-bond acceptors (Lipinski definition) is 3. The van der Waals surface area contributed by atoms with E-state index in [9.17, 15) is 0 Å². The van der Waals surface area contributed by atoms with Crippen LogP contribution in [0.5, 0.6) is 0 Å². The summed E-state index contributed by atoms with van der Waals surface area (Å²) in [6.07, 6.45) is 3.67. The van der Waals surface area contributed by atoms with Crippen molar-refractivity contribution in [3.63, 3.8) is 0 Å². The predicted octanol–water partition coefficient (Wildman–Crippen LogP) is 0.259. The highest BCUT2D eigenvalue weighted by Gasteiger charge is 2.42. The average molecular weight is 405 g/mol. The van der Waals surface area contributed by atoms with E-state index < -0.39 is 0 Å². The Morgan fingerprint density at radius 3 is 2.70 bits per heavy atom. The van der Waals surface area contributed by atoms with E-state index in [1.165, 1.54) is 55.7 Å². The summed E-state index contributed by atoms with van der Waals surface area (Å²) in [6, 6.07) is 20.6. The molecule has 0 spiro atoms. The van der Waals surface area contributed by atoms with Gasteiger partial charge in [-0.1, -0.05) is 60.2 Å². The largest absolute Gasteiger partial charge is 0.323 e. The summed E-state index contributed by atoms with van der Waals surface area (Å²) in [5, 5.41) is 13.1. The first kappa shape index (κ1) is 19.4. The van der Waals surface area contributed by atoms with Gasteiger partial charge < -0.3 is 9.80 Å². The molecule has 156 valence electrons. The Bertz CT molecular complexity index is 951. The van der Waals surface area contributed by atoms with Crippen LogP contribution in [0.25, 0.3) is 0 Å². The fourth-order valence-corrected chi connectivity index (χ4v) is 5.34. The van der Waals surface area contributed by atoms with Crippen LogP contribution < -0.4 is 9.80 Å². The third kappa shape index (κ3) is 4.02. The van der Waals surface area contributed by atoms with Crippen molar-refractivity contribution in [2.45, 2.75) is 44.8 Å². The van der Waals surface area contributed by atoms with E-state index in [0.717, 1.165) is 24.8 Å². The second-order valence-electron chi connectivity index (χ2n) is 8.95. The van der Waals surface area contributed by atoms with Crippen molar-refractivity contribution in [2.75, 3.05) is 26.2 Å². The normalized spacial score (nSPS) is 24.5. The molecule has 0 amide bonds. The fraction of sp³-hybridized carbons (Fsp3) is 0.458. The molecule has 0 aliphatic carbocycles. The van der Waals surface area contributed by atoms with Crippen LogP contribution >= 0.6 is 0 Å². The number of hydrogen-bond donors (Lipinski definition) is 2. The second kappa shape index (κ2) is 8.66. The molecule has 30 heavy (non-hydrogen) atoms. The third-order valence-corrected chi connectivity index (χ3v) is 7.00. The lowest BCUT2D eigenvalue weighted by Gasteiger charge is -2.36. The summed E-state index contributed by atoms with van der Waals surface area (Å²) < 4.78 is 2.04. The van der Waals surface area contributed by atoms with E-state index in [0.29, 0.717) is 0 Å². The van der Waals surface area contributed by atoms with Crippen molar-refractivity contribution in [3.8, 4) is 0 Å². The van der Waals surface area contributed by atoms with Crippen LogP contribution in [-0.4, -0.2) is 52.4 Å². The van der Waals surface area contributed by atoms with Gasteiger partial charge in [0.1, 0.15) is 25.7 Å². The minimum absolute atomic E-state index is 0.193. The lowest BCUT2D eigenvalue weighted by atomic mass is 10.0. The topological polar surface area (TPSA) is 52.5 Å².